The van der Waals surface area contributed by atoms with Crippen molar-refractivity contribution >= 4 is 66.4 Å². The smallest absolute Gasteiger partial charge is 0.0760 e. The molecule has 0 unspecified atom stereocenters. The third-order valence-electron chi connectivity index (χ3n) is 1.93. The van der Waals surface area contributed by atoms with Crippen molar-refractivity contribution in [1.29, 1.82) is 0 Å². The van der Waals surface area contributed by atoms with Crippen molar-refractivity contribution in [3.63, 3.8) is 0 Å². The zero-order valence-corrected chi connectivity index (χ0v) is 11.3. The first-order chi connectivity index (χ1) is 5.61. The summed E-state index contributed by atoms with van der Waals surface area (Å²) in [5, 5.41) is 0.138. The molecule has 66 valence electrons. The van der Waals surface area contributed by atoms with Gasteiger partial charge in [0.2, 0.25) is 0 Å². The SMILES string of the molecule is Cl[C@@H]1C[C@H](Cl)c2c(Br)sc(Br)c21. The minimum Gasteiger partial charge on any atom is -0.121 e. The van der Waals surface area contributed by atoms with Crippen LogP contribution in [-0.4, -0.2) is 0 Å². The van der Waals surface area contributed by atoms with Crippen LogP contribution in [0.3, 0.4) is 0 Å². The monoisotopic (exact) mass is 348 g/mol. The summed E-state index contributed by atoms with van der Waals surface area (Å²) in [5.41, 5.74) is 2.35. The van der Waals surface area contributed by atoms with Crippen molar-refractivity contribution in [3.8, 4) is 0 Å². The van der Waals surface area contributed by atoms with Crippen LogP contribution in [-0.2, 0) is 0 Å². The second-order valence-corrected chi connectivity index (χ2v) is 7.36. The maximum Gasteiger partial charge on any atom is 0.0760 e. The maximum atomic E-state index is 6.13. The molecule has 1 heterocycles. The Morgan fingerprint density at radius 3 is 1.92 bits per heavy atom. The largest absolute Gasteiger partial charge is 0.121 e. The molecule has 0 bridgehead atoms. The average Bonchev–Trinajstić information content (AvgIpc) is 2.38. The molecule has 2 atom stereocenters. The molecule has 12 heavy (non-hydrogen) atoms. The summed E-state index contributed by atoms with van der Waals surface area (Å²) in [4.78, 5) is 0. The van der Waals surface area contributed by atoms with Crippen LogP contribution in [0.4, 0.5) is 0 Å². The van der Waals surface area contributed by atoms with Crippen LogP contribution in [0.2, 0.25) is 0 Å². The van der Waals surface area contributed by atoms with E-state index in [9.17, 15) is 0 Å². The van der Waals surface area contributed by atoms with Crippen LogP contribution in [0.5, 0.6) is 0 Å². The highest BCUT2D eigenvalue weighted by molar-refractivity contribution is 9.12. The van der Waals surface area contributed by atoms with Gasteiger partial charge in [0.1, 0.15) is 0 Å². The second kappa shape index (κ2) is 3.43. The van der Waals surface area contributed by atoms with E-state index in [0.29, 0.717) is 0 Å². The molecular formula is C7H4Br2Cl2S. The Balaban J connectivity index is 2.62. The number of alkyl halides is 2. The van der Waals surface area contributed by atoms with Gasteiger partial charge in [-0.1, -0.05) is 0 Å². The van der Waals surface area contributed by atoms with Gasteiger partial charge < -0.3 is 0 Å². The molecule has 5 heteroatoms. The Morgan fingerprint density at radius 1 is 1.08 bits per heavy atom. The van der Waals surface area contributed by atoms with Crippen LogP contribution >= 0.6 is 66.4 Å². The number of hydrogen-bond acceptors (Lipinski definition) is 1. The van der Waals surface area contributed by atoms with Gasteiger partial charge in [0.15, 0.2) is 0 Å². The Labute approximate surface area is 102 Å². The molecule has 0 spiro atoms. The molecule has 0 fully saturated rings. The molecular weight excluding hydrogens is 347 g/mol. The zero-order chi connectivity index (χ0) is 8.88. The molecule has 1 aromatic heterocycles. The molecule has 0 aromatic carbocycles. The van der Waals surface area contributed by atoms with E-state index in [1.165, 1.54) is 11.1 Å². The van der Waals surface area contributed by atoms with E-state index in [0.717, 1.165) is 14.0 Å². The fraction of sp³-hybridized carbons (Fsp3) is 0.429. The lowest BCUT2D eigenvalue weighted by molar-refractivity contribution is 0.853. The van der Waals surface area contributed by atoms with Crippen LogP contribution < -0.4 is 0 Å². The maximum absolute atomic E-state index is 6.13. The van der Waals surface area contributed by atoms with Gasteiger partial charge in [-0.05, 0) is 38.3 Å². The van der Waals surface area contributed by atoms with E-state index < -0.39 is 0 Å². The lowest BCUT2D eigenvalue weighted by atomic mass is 10.2. The summed E-state index contributed by atoms with van der Waals surface area (Å²) in [6.45, 7) is 0. The molecule has 0 saturated heterocycles. The van der Waals surface area contributed by atoms with Gasteiger partial charge in [0, 0.05) is 11.1 Å². The summed E-state index contributed by atoms with van der Waals surface area (Å²) in [5.74, 6) is 0. The Kier molecular flexibility index (Phi) is 2.79. The lowest BCUT2D eigenvalue weighted by Gasteiger charge is -1.98. The van der Waals surface area contributed by atoms with Crippen LogP contribution in [0, 0.1) is 0 Å². The van der Waals surface area contributed by atoms with Crippen molar-refractivity contribution in [2.45, 2.75) is 17.2 Å². The minimum absolute atomic E-state index is 0.0689. The fourth-order valence-electron chi connectivity index (χ4n) is 1.40. The summed E-state index contributed by atoms with van der Waals surface area (Å²) in [6, 6.07) is 0. The molecule has 1 aliphatic rings. The van der Waals surface area contributed by atoms with Gasteiger partial charge >= 0.3 is 0 Å². The Morgan fingerprint density at radius 2 is 1.50 bits per heavy atom. The predicted octanol–water partition coefficient (Wildman–Crippen LogP) is 5.24. The van der Waals surface area contributed by atoms with Gasteiger partial charge in [-0.25, -0.2) is 0 Å². The van der Waals surface area contributed by atoms with Crippen LogP contribution in [0.15, 0.2) is 7.57 Å². The first-order valence-corrected chi connectivity index (χ1v) is 6.64. The van der Waals surface area contributed by atoms with Crippen molar-refractivity contribution in [2.24, 2.45) is 0 Å². The predicted molar refractivity (Wildman–Crippen MR) is 61.5 cm³/mol. The van der Waals surface area contributed by atoms with E-state index in [2.05, 4.69) is 31.9 Å². The first kappa shape index (κ1) is 9.78. The molecule has 0 aliphatic heterocycles. The molecule has 2 rings (SSSR count). The molecule has 0 nitrogen and oxygen atoms in total. The van der Waals surface area contributed by atoms with E-state index in [-0.39, 0.29) is 10.8 Å². The zero-order valence-electron chi connectivity index (χ0n) is 5.78. The quantitative estimate of drug-likeness (QED) is 0.561. The van der Waals surface area contributed by atoms with E-state index in [4.69, 9.17) is 23.2 Å². The summed E-state index contributed by atoms with van der Waals surface area (Å²) >= 11 is 20.9. The number of halogens is 4. The number of fused-ring (bicyclic) bond motifs is 1. The van der Waals surface area contributed by atoms with Crippen LogP contribution in [0.25, 0.3) is 0 Å². The Hall–Kier alpha value is 1.24. The minimum atomic E-state index is 0.0689. The number of hydrogen-bond donors (Lipinski definition) is 0. The van der Waals surface area contributed by atoms with Crippen molar-refractivity contribution in [3.05, 3.63) is 18.7 Å². The topological polar surface area (TPSA) is 0 Å². The third kappa shape index (κ3) is 1.38. The summed E-state index contributed by atoms with van der Waals surface area (Å²) < 4.78 is 2.21. The number of thiophene rings is 1. The molecule has 0 saturated carbocycles. The average molecular weight is 351 g/mol. The highest BCUT2D eigenvalue weighted by Gasteiger charge is 2.34. The van der Waals surface area contributed by atoms with E-state index in [1.54, 1.807) is 11.3 Å². The van der Waals surface area contributed by atoms with Crippen molar-refractivity contribution in [1.82, 2.24) is 0 Å². The standard InChI is InChI=1S/C7H4Br2Cl2S/c8-6-4-2(10)1-3(11)5(4)7(9)12-6/h2-3H,1H2/t2-,3+. The van der Waals surface area contributed by atoms with E-state index >= 15 is 0 Å². The summed E-state index contributed by atoms with van der Waals surface area (Å²) in [6.07, 6.45) is 0.832. The van der Waals surface area contributed by atoms with Gasteiger partial charge in [-0.2, -0.15) is 0 Å². The van der Waals surface area contributed by atoms with Gasteiger partial charge in [0.25, 0.3) is 0 Å². The fourth-order valence-corrected chi connectivity index (χ4v) is 6.18. The van der Waals surface area contributed by atoms with E-state index in [1.807, 2.05) is 0 Å². The number of rotatable bonds is 0. The highest BCUT2D eigenvalue weighted by Crippen LogP contribution is 2.55. The summed E-state index contributed by atoms with van der Waals surface area (Å²) in [7, 11) is 0. The molecule has 0 amide bonds. The first-order valence-electron chi connectivity index (χ1n) is 3.37. The second-order valence-electron chi connectivity index (χ2n) is 2.65. The third-order valence-corrected chi connectivity index (χ3v) is 5.35. The highest BCUT2D eigenvalue weighted by atomic mass is 79.9. The van der Waals surface area contributed by atoms with Crippen molar-refractivity contribution in [2.75, 3.05) is 0 Å². The van der Waals surface area contributed by atoms with Crippen LogP contribution in [0.1, 0.15) is 28.3 Å². The molecule has 1 aromatic rings. The van der Waals surface area contributed by atoms with Crippen molar-refractivity contribution < 1.29 is 0 Å². The normalized spacial score (nSPS) is 27.7. The molecule has 0 N–H and O–H groups in total. The van der Waals surface area contributed by atoms with Gasteiger partial charge in [-0.3, -0.25) is 0 Å². The Bertz CT molecular complexity index is 295. The van der Waals surface area contributed by atoms with Gasteiger partial charge in [0.05, 0.1) is 18.3 Å². The van der Waals surface area contributed by atoms with Gasteiger partial charge in [-0.15, -0.1) is 34.5 Å². The molecule has 1 aliphatic carbocycles. The molecule has 0 radical (unpaired) electrons. The lowest BCUT2D eigenvalue weighted by Crippen LogP contribution is -1.79.